The Morgan fingerprint density at radius 2 is 1.16 bits per heavy atom. The second-order valence-electron chi connectivity index (χ2n) is 17.2. The highest BCUT2D eigenvalue weighted by Gasteiger charge is 2.57. The molecule has 4 aliphatic rings. The van der Waals surface area contributed by atoms with E-state index in [0.29, 0.717) is 17.4 Å². The number of carbonyl (C=O) groups excluding carboxylic acids is 3. The Morgan fingerprint density at radius 3 is 1.67 bits per heavy atom. The van der Waals surface area contributed by atoms with E-state index in [9.17, 15) is 14.4 Å². The lowest BCUT2D eigenvalue weighted by Gasteiger charge is -2.30. The van der Waals surface area contributed by atoms with Gasteiger partial charge in [-0.1, -0.05) is 97.1 Å². The average molecular weight is 855 g/mol. The molecular formula is C50H46N8O6. The molecule has 322 valence electrons. The second kappa shape index (κ2) is 16.1. The first-order valence-electron chi connectivity index (χ1n) is 21.7. The number of nitrogens with one attached hydrogen (secondary N) is 3. The Balaban J connectivity index is 0.811. The number of nitrogens with zero attached hydrogens (tertiary/aromatic N) is 5. The third-order valence-electron chi connectivity index (χ3n) is 13.4. The van der Waals surface area contributed by atoms with Crippen molar-refractivity contribution < 1.29 is 28.9 Å². The molecular weight excluding hydrogens is 809 g/mol. The zero-order valence-electron chi connectivity index (χ0n) is 35.3. The first-order valence-corrected chi connectivity index (χ1v) is 21.7. The second-order valence-corrected chi connectivity index (χ2v) is 17.2. The Bertz CT molecular complexity index is 2920. The predicted molar refractivity (Wildman–Crippen MR) is 239 cm³/mol. The van der Waals surface area contributed by atoms with Gasteiger partial charge >= 0.3 is 6.09 Å². The number of methoxy groups -OCH3 is 1. The highest BCUT2D eigenvalue weighted by Crippen LogP contribution is 2.55. The number of rotatable bonds is 12. The van der Waals surface area contributed by atoms with Crippen LogP contribution in [0.5, 0.6) is 0 Å². The third kappa shape index (κ3) is 7.22. The highest BCUT2D eigenvalue weighted by molar-refractivity contribution is 5.89. The van der Waals surface area contributed by atoms with Gasteiger partial charge in [0.15, 0.2) is 6.04 Å². The number of alkyl carbamates (subject to hydrolysis) is 1. The molecule has 7 aromatic rings. The van der Waals surface area contributed by atoms with E-state index in [0.717, 1.165) is 87.2 Å². The molecule has 4 heterocycles. The molecule has 0 radical (unpaired) electrons. The molecule has 14 nitrogen and oxygen atoms in total. The number of aromatic amines is 2. The molecule has 2 aliphatic carbocycles. The maximum Gasteiger partial charge on any atom is 0.407 e. The van der Waals surface area contributed by atoms with E-state index >= 15 is 0 Å². The van der Waals surface area contributed by atoms with Gasteiger partial charge in [0.2, 0.25) is 6.40 Å². The van der Waals surface area contributed by atoms with Crippen molar-refractivity contribution in [3.63, 3.8) is 0 Å². The molecule has 11 rings (SSSR count). The summed E-state index contributed by atoms with van der Waals surface area (Å²) >= 11 is 0. The number of imidazole rings is 2. The summed E-state index contributed by atoms with van der Waals surface area (Å²) in [5, 5.41) is 2.77. The summed E-state index contributed by atoms with van der Waals surface area (Å²) in [4.78, 5) is 76.0. The molecule has 2 aromatic heterocycles. The number of likely N-dealkylation sites (tertiary alicyclic amines) is 2. The molecule has 0 bridgehead atoms. The molecule has 2 aliphatic heterocycles. The molecule has 8 atom stereocenters. The van der Waals surface area contributed by atoms with Crippen LogP contribution >= 0.6 is 0 Å². The molecule has 2 saturated carbocycles. The monoisotopic (exact) mass is 854 g/mol. The van der Waals surface area contributed by atoms with Gasteiger partial charge in [0.05, 0.1) is 48.4 Å². The fourth-order valence-corrected chi connectivity index (χ4v) is 10.1. The standard InChI is InChI=1S/C50H46N8O6/c1-62-50(61)56-45(31-11-7-4-8-12-31)49(60)58-41-24-35(41)26-43(58)47-53-37-20-18-33(22-39(37)55-47)29-15-13-28(14-16-29)32-17-19-36-38(21-32)54-46(52-36)42-25-34-23-40(34)57(42)48(59)44(51-27-64-63-2)30-9-5-3-6-10-30/h3-22,27,34-35,40-45H,23-26H2,1-2H3,(H,52,54)(H,53,55)(H,56,61)/t34-,35-,40-,41-,42-,43-,44+,45+/m0/s1. The van der Waals surface area contributed by atoms with Gasteiger partial charge in [-0.05, 0) is 95.2 Å². The summed E-state index contributed by atoms with van der Waals surface area (Å²) < 4.78 is 4.89. The van der Waals surface area contributed by atoms with E-state index in [1.165, 1.54) is 20.6 Å². The molecule has 0 unspecified atom stereocenters. The Kier molecular flexibility index (Phi) is 9.94. The first kappa shape index (κ1) is 39.5. The van der Waals surface area contributed by atoms with Crippen molar-refractivity contribution in [2.75, 3.05) is 14.2 Å². The number of aliphatic imine (C=N–C) groups is 1. The van der Waals surface area contributed by atoms with Gasteiger partial charge < -0.3 is 34.7 Å². The van der Waals surface area contributed by atoms with E-state index in [1.807, 2.05) is 82.6 Å². The van der Waals surface area contributed by atoms with Crippen LogP contribution in [-0.2, 0) is 24.1 Å². The molecule has 64 heavy (non-hydrogen) atoms. The molecule has 0 spiro atoms. The minimum absolute atomic E-state index is 0.0853. The summed E-state index contributed by atoms with van der Waals surface area (Å²) in [6.45, 7) is 0. The number of aromatic nitrogens is 4. The van der Waals surface area contributed by atoms with E-state index in [4.69, 9.17) is 24.5 Å². The molecule has 3 amide bonds. The maximum absolute atomic E-state index is 14.3. The lowest BCUT2D eigenvalue weighted by molar-refractivity contribution is -0.188. The van der Waals surface area contributed by atoms with Crippen molar-refractivity contribution >= 4 is 46.4 Å². The number of hydrogen-bond acceptors (Lipinski definition) is 9. The van der Waals surface area contributed by atoms with Crippen LogP contribution < -0.4 is 5.32 Å². The topological polar surface area (TPSA) is 167 Å². The van der Waals surface area contributed by atoms with Crippen LogP contribution in [0, 0.1) is 11.8 Å². The van der Waals surface area contributed by atoms with Gasteiger partial charge in [-0.3, -0.25) is 9.59 Å². The zero-order chi connectivity index (χ0) is 43.5. The summed E-state index contributed by atoms with van der Waals surface area (Å²) in [7, 11) is 2.69. The smallest absolute Gasteiger partial charge is 0.407 e. The quantitative estimate of drug-likeness (QED) is 0.0476. The van der Waals surface area contributed by atoms with Crippen molar-refractivity contribution in [3.8, 4) is 22.3 Å². The number of hydrogen-bond donors (Lipinski definition) is 3. The summed E-state index contributed by atoms with van der Waals surface area (Å²) in [6.07, 6.45) is 4.11. The molecule has 4 fully saturated rings. The molecule has 5 aromatic carbocycles. The van der Waals surface area contributed by atoms with Crippen molar-refractivity contribution in [2.45, 2.75) is 61.9 Å². The predicted octanol–water partition coefficient (Wildman–Crippen LogP) is 8.54. The normalized spacial score (nSPS) is 22.9. The number of ether oxygens (including phenoxy) is 1. The van der Waals surface area contributed by atoms with Gasteiger partial charge in [0.1, 0.15) is 17.7 Å². The lowest BCUT2D eigenvalue weighted by atomic mass is 10.00. The number of benzene rings is 5. The average Bonchev–Trinajstić information content (AvgIpc) is 3.99. The summed E-state index contributed by atoms with van der Waals surface area (Å²) in [5.74, 6) is 2.11. The minimum Gasteiger partial charge on any atom is -0.453 e. The van der Waals surface area contributed by atoms with Crippen molar-refractivity contribution in [1.82, 2.24) is 35.1 Å². The van der Waals surface area contributed by atoms with Gasteiger partial charge in [0, 0.05) is 12.1 Å². The van der Waals surface area contributed by atoms with E-state index in [1.54, 1.807) is 0 Å². The van der Waals surface area contributed by atoms with E-state index in [-0.39, 0.29) is 36.0 Å². The summed E-state index contributed by atoms with van der Waals surface area (Å²) in [5.41, 5.74) is 9.16. The number of piperidine rings is 2. The Labute approximate surface area is 368 Å². The molecule has 2 saturated heterocycles. The van der Waals surface area contributed by atoms with Crippen LogP contribution in [0.3, 0.4) is 0 Å². The first-order chi connectivity index (χ1) is 31.3. The van der Waals surface area contributed by atoms with E-state index < -0.39 is 18.2 Å². The SMILES string of the molecule is COOC=N[C@@H](C(=O)N1[C@H](c2nc3ccc(-c4ccc(-c5ccc6nc([C@@H]7C[C@@H]8C[C@@H]8N7C(=O)[C@H](NC(=O)OC)c7ccccc7)[nH]c6c5)cc4)cc3[nH]2)C[C@@H]2C[C@@H]21)c1ccccc1. The van der Waals surface area contributed by atoms with Crippen molar-refractivity contribution in [2.24, 2.45) is 16.8 Å². The van der Waals surface area contributed by atoms with Gasteiger partial charge in [-0.2, -0.15) is 4.89 Å². The zero-order valence-corrected chi connectivity index (χ0v) is 35.3. The van der Waals surface area contributed by atoms with Gasteiger partial charge in [-0.25, -0.2) is 19.8 Å². The van der Waals surface area contributed by atoms with Crippen LogP contribution in [0.1, 0.15) is 72.6 Å². The molecule has 3 N–H and O–H groups in total. The minimum atomic E-state index is -0.874. The number of fused-ring (bicyclic) bond motifs is 4. The lowest BCUT2D eigenvalue weighted by Crippen LogP contribution is -2.44. The van der Waals surface area contributed by atoms with Crippen molar-refractivity contribution in [3.05, 3.63) is 144 Å². The maximum atomic E-state index is 14.3. The van der Waals surface area contributed by atoms with Crippen LogP contribution in [0.25, 0.3) is 44.3 Å². The van der Waals surface area contributed by atoms with Crippen LogP contribution in [0.15, 0.2) is 126 Å². The number of H-pyrrole nitrogens is 2. The van der Waals surface area contributed by atoms with Crippen LogP contribution in [-0.4, -0.2) is 80.3 Å². The number of carbonyl (C=O) groups is 3. The van der Waals surface area contributed by atoms with Gasteiger partial charge in [0.25, 0.3) is 11.8 Å². The molecule has 14 heteroatoms. The van der Waals surface area contributed by atoms with Crippen molar-refractivity contribution in [1.29, 1.82) is 0 Å². The van der Waals surface area contributed by atoms with Gasteiger partial charge in [-0.15, -0.1) is 0 Å². The Hall–Kier alpha value is -7.32. The fraction of sp³-hybridized carbons (Fsp3) is 0.280. The van der Waals surface area contributed by atoms with Crippen LogP contribution in [0.4, 0.5) is 4.79 Å². The third-order valence-corrected chi connectivity index (χ3v) is 13.4. The fourth-order valence-electron chi connectivity index (χ4n) is 10.1. The van der Waals surface area contributed by atoms with E-state index in [2.05, 4.69) is 68.8 Å². The highest BCUT2D eigenvalue weighted by atomic mass is 17.2. The summed E-state index contributed by atoms with van der Waals surface area (Å²) in [6, 6.07) is 37.9. The van der Waals surface area contributed by atoms with Crippen LogP contribution in [0.2, 0.25) is 0 Å². The largest absolute Gasteiger partial charge is 0.453 e. The Morgan fingerprint density at radius 1 is 0.656 bits per heavy atom. The number of amides is 3.